The van der Waals surface area contributed by atoms with Crippen molar-refractivity contribution in [3.63, 3.8) is 0 Å². The zero-order chi connectivity index (χ0) is 27.1. The number of nitrogens with one attached hydrogen (secondary N) is 2. The Hall–Kier alpha value is -4.38. The van der Waals surface area contributed by atoms with Crippen molar-refractivity contribution in [2.24, 2.45) is 0 Å². The molecule has 0 spiro atoms. The number of urea groups is 1. The predicted molar refractivity (Wildman–Crippen MR) is 148 cm³/mol. The summed E-state index contributed by atoms with van der Waals surface area (Å²) in [5, 5.41) is 6.10. The molecular formula is C27H33N7O4. The van der Waals surface area contributed by atoms with E-state index in [1.165, 1.54) is 11.2 Å². The molecule has 3 aromatic rings. The standard InChI is InChI=1S/C27H33N7O4/c1-19(35)17-33-9-11-34(12-10-33)22-7-5-20(6-8-22)30-25-16-26(29-18-28-25)32(2)27(36)31-21-13-23(37-3)15-24(14-21)38-4/h5-8,13-16,18H,9-12,17H2,1-4H3,(H,31,36)(H,28,29,30). The zero-order valence-corrected chi connectivity index (χ0v) is 22.1. The predicted octanol–water partition coefficient (Wildman–Crippen LogP) is 3.62. The molecule has 1 saturated heterocycles. The van der Waals surface area contributed by atoms with E-state index in [-0.39, 0.29) is 11.8 Å². The zero-order valence-electron chi connectivity index (χ0n) is 22.1. The quantitative estimate of drug-likeness (QED) is 0.438. The Bertz CT molecular complexity index is 1240. The van der Waals surface area contributed by atoms with Gasteiger partial charge in [0, 0.05) is 74.6 Å². The van der Waals surface area contributed by atoms with Crippen LogP contribution in [0.5, 0.6) is 11.5 Å². The van der Waals surface area contributed by atoms with E-state index in [0.29, 0.717) is 35.4 Å². The second-order valence-electron chi connectivity index (χ2n) is 8.99. The van der Waals surface area contributed by atoms with Crippen LogP contribution in [0.2, 0.25) is 0 Å². The van der Waals surface area contributed by atoms with Gasteiger partial charge in [0.1, 0.15) is 35.2 Å². The Balaban J connectivity index is 1.36. The number of carbonyl (C=O) groups is 2. The molecule has 2 aromatic carbocycles. The van der Waals surface area contributed by atoms with Gasteiger partial charge >= 0.3 is 6.03 Å². The fraction of sp³-hybridized carbons (Fsp3) is 0.333. The van der Waals surface area contributed by atoms with E-state index >= 15 is 0 Å². The molecule has 0 radical (unpaired) electrons. The molecule has 2 amide bonds. The van der Waals surface area contributed by atoms with Crippen LogP contribution in [0.3, 0.4) is 0 Å². The largest absolute Gasteiger partial charge is 0.497 e. The molecule has 1 fully saturated rings. The van der Waals surface area contributed by atoms with E-state index in [1.807, 2.05) is 12.1 Å². The number of amides is 2. The number of benzene rings is 2. The van der Waals surface area contributed by atoms with Crippen LogP contribution in [0.15, 0.2) is 54.9 Å². The Kier molecular flexibility index (Phi) is 8.59. The van der Waals surface area contributed by atoms with Crippen LogP contribution < -0.4 is 29.9 Å². The highest BCUT2D eigenvalue weighted by Gasteiger charge is 2.18. The summed E-state index contributed by atoms with van der Waals surface area (Å²) >= 11 is 0. The SMILES string of the molecule is COc1cc(NC(=O)N(C)c2cc(Nc3ccc(N4CCN(CC(C)=O)CC4)cc3)ncn2)cc(OC)c1. The van der Waals surface area contributed by atoms with Crippen molar-refractivity contribution >= 4 is 40.5 Å². The highest BCUT2D eigenvalue weighted by Crippen LogP contribution is 2.27. The number of carbonyl (C=O) groups excluding carboxylic acids is 2. The maximum Gasteiger partial charge on any atom is 0.327 e. The first kappa shape index (κ1) is 26.7. The van der Waals surface area contributed by atoms with Crippen molar-refractivity contribution in [2.75, 3.05) is 74.4 Å². The van der Waals surface area contributed by atoms with Crippen molar-refractivity contribution in [1.29, 1.82) is 0 Å². The van der Waals surface area contributed by atoms with Gasteiger partial charge in [-0.25, -0.2) is 14.8 Å². The summed E-state index contributed by atoms with van der Waals surface area (Å²) < 4.78 is 10.5. The Morgan fingerprint density at radius 3 is 2.18 bits per heavy atom. The third kappa shape index (κ3) is 6.88. The fourth-order valence-corrected chi connectivity index (χ4v) is 4.17. The monoisotopic (exact) mass is 519 g/mol. The van der Waals surface area contributed by atoms with Crippen molar-refractivity contribution in [3.8, 4) is 11.5 Å². The lowest BCUT2D eigenvalue weighted by Gasteiger charge is -2.35. The summed E-state index contributed by atoms with van der Waals surface area (Å²) in [6, 6.07) is 14.6. The number of anilines is 5. The molecular weight excluding hydrogens is 486 g/mol. The summed E-state index contributed by atoms with van der Waals surface area (Å²) in [5.74, 6) is 2.32. The molecule has 11 nitrogen and oxygen atoms in total. The van der Waals surface area contributed by atoms with Crippen molar-refractivity contribution < 1.29 is 19.1 Å². The summed E-state index contributed by atoms with van der Waals surface area (Å²) in [6.07, 6.45) is 1.41. The molecule has 0 atom stereocenters. The lowest BCUT2D eigenvalue weighted by atomic mass is 10.2. The number of ketones is 1. The van der Waals surface area contributed by atoms with Gasteiger partial charge in [-0.2, -0.15) is 0 Å². The molecule has 0 unspecified atom stereocenters. The van der Waals surface area contributed by atoms with Crippen LogP contribution in [0, 0.1) is 0 Å². The topological polar surface area (TPSA) is 112 Å². The maximum atomic E-state index is 12.9. The summed E-state index contributed by atoms with van der Waals surface area (Å²) in [7, 11) is 4.73. The number of hydrogen-bond acceptors (Lipinski definition) is 9. The minimum Gasteiger partial charge on any atom is -0.497 e. The van der Waals surface area contributed by atoms with Gasteiger partial charge in [-0.15, -0.1) is 0 Å². The van der Waals surface area contributed by atoms with E-state index in [4.69, 9.17) is 9.47 Å². The van der Waals surface area contributed by atoms with Crippen molar-refractivity contribution in [3.05, 3.63) is 54.9 Å². The van der Waals surface area contributed by atoms with Gasteiger partial charge in [-0.1, -0.05) is 0 Å². The van der Waals surface area contributed by atoms with E-state index in [0.717, 1.165) is 37.6 Å². The van der Waals surface area contributed by atoms with Gasteiger partial charge < -0.3 is 25.0 Å². The molecule has 38 heavy (non-hydrogen) atoms. The van der Waals surface area contributed by atoms with Crippen LogP contribution in [0.1, 0.15) is 6.92 Å². The highest BCUT2D eigenvalue weighted by molar-refractivity contribution is 6.01. The number of nitrogens with zero attached hydrogens (tertiary/aromatic N) is 5. The van der Waals surface area contributed by atoms with Gasteiger partial charge in [-0.05, 0) is 31.2 Å². The second kappa shape index (κ2) is 12.2. The van der Waals surface area contributed by atoms with Crippen LogP contribution in [0.25, 0.3) is 0 Å². The minimum atomic E-state index is -0.377. The molecule has 2 N–H and O–H groups in total. The Morgan fingerprint density at radius 2 is 1.58 bits per heavy atom. The van der Waals surface area contributed by atoms with Crippen LogP contribution in [-0.2, 0) is 4.79 Å². The number of Topliss-reactive ketones (excluding diaryl/α,β-unsaturated/α-hetero) is 1. The minimum absolute atomic E-state index is 0.200. The third-order valence-electron chi connectivity index (χ3n) is 6.23. The molecule has 0 aliphatic carbocycles. The molecule has 0 saturated carbocycles. The highest BCUT2D eigenvalue weighted by atomic mass is 16.5. The number of aromatic nitrogens is 2. The van der Waals surface area contributed by atoms with Crippen molar-refractivity contribution in [2.45, 2.75) is 6.92 Å². The molecule has 11 heteroatoms. The molecule has 2 heterocycles. The first-order valence-corrected chi connectivity index (χ1v) is 12.3. The number of hydrogen-bond donors (Lipinski definition) is 2. The summed E-state index contributed by atoms with van der Waals surface area (Å²) in [6.45, 7) is 5.65. The van der Waals surface area contributed by atoms with Crippen LogP contribution in [-0.4, -0.2) is 80.7 Å². The maximum absolute atomic E-state index is 12.9. The normalized spacial score (nSPS) is 13.5. The molecule has 1 aliphatic heterocycles. The van der Waals surface area contributed by atoms with Gasteiger partial charge in [0.2, 0.25) is 0 Å². The average molecular weight is 520 g/mol. The van der Waals surface area contributed by atoms with Crippen molar-refractivity contribution in [1.82, 2.24) is 14.9 Å². The first-order chi connectivity index (χ1) is 18.3. The van der Waals surface area contributed by atoms with Gasteiger partial charge in [-0.3, -0.25) is 14.6 Å². The van der Waals surface area contributed by atoms with E-state index < -0.39 is 0 Å². The first-order valence-electron chi connectivity index (χ1n) is 12.3. The lowest BCUT2D eigenvalue weighted by Crippen LogP contribution is -2.47. The number of ether oxygens (including phenoxy) is 2. The number of piperazine rings is 1. The summed E-state index contributed by atoms with van der Waals surface area (Å²) in [4.78, 5) is 38.7. The molecule has 200 valence electrons. The molecule has 0 bridgehead atoms. The molecule has 1 aromatic heterocycles. The van der Waals surface area contributed by atoms with E-state index in [9.17, 15) is 9.59 Å². The average Bonchev–Trinajstić information content (AvgIpc) is 2.93. The number of methoxy groups -OCH3 is 2. The fourth-order valence-electron chi connectivity index (χ4n) is 4.17. The summed E-state index contributed by atoms with van der Waals surface area (Å²) in [5.41, 5.74) is 2.53. The number of rotatable bonds is 9. The Morgan fingerprint density at radius 1 is 0.921 bits per heavy atom. The second-order valence-corrected chi connectivity index (χ2v) is 8.99. The van der Waals surface area contributed by atoms with E-state index in [1.54, 1.807) is 52.5 Å². The van der Waals surface area contributed by atoms with Gasteiger partial charge in [0.05, 0.1) is 20.8 Å². The third-order valence-corrected chi connectivity index (χ3v) is 6.23. The van der Waals surface area contributed by atoms with Crippen LogP contribution in [0.4, 0.5) is 33.5 Å². The lowest BCUT2D eigenvalue weighted by molar-refractivity contribution is -0.118. The van der Waals surface area contributed by atoms with Gasteiger partial charge in [0.15, 0.2) is 0 Å². The molecule has 1 aliphatic rings. The van der Waals surface area contributed by atoms with Gasteiger partial charge in [0.25, 0.3) is 0 Å². The van der Waals surface area contributed by atoms with Crippen LogP contribution >= 0.6 is 0 Å². The Labute approximate surface area is 222 Å². The van der Waals surface area contributed by atoms with E-state index in [2.05, 4.69) is 42.5 Å². The molecule has 4 rings (SSSR count). The smallest absolute Gasteiger partial charge is 0.327 e.